The van der Waals surface area contributed by atoms with E-state index in [0.29, 0.717) is 12.2 Å². The molecule has 0 aliphatic heterocycles. The number of hydrogen-bond donors (Lipinski definition) is 1. The summed E-state index contributed by atoms with van der Waals surface area (Å²) in [4.78, 5) is 12.9. The zero-order chi connectivity index (χ0) is 18.1. The van der Waals surface area contributed by atoms with E-state index in [1.54, 1.807) is 7.11 Å². The maximum absolute atomic E-state index is 12.9. The number of methoxy groups -OCH3 is 1. The molecule has 2 heterocycles. The molecule has 1 N–H and O–H groups in total. The quantitative estimate of drug-likeness (QED) is 0.592. The average Bonchev–Trinajstić information content (AvgIpc) is 3.24. The number of benzene rings is 2. The molecule has 2 aromatic heterocycles. The molecule has 5 heteroatoms. The minimum absolute atomic E-state index is 0.0982. The topological polar surface area (TPSA) is 48.2 Å². The van der Waals surface area contributed by atoms with Gasteiger partial charge >= 0.3 is 0 Å². The zero-order valence-corrected chi connectivity index (χ0v) is 14.9. The van der Waals surface area contributed by atoms with Gasteiger partial charge in [0, 0.05) is 54.9 Å². The molecule has 0 bridgehead atoms. The van der Waals surface area contributed by atoms with E-state index in [2.05, 4.69) is 16.0 Å². The van der Waals surface area contributed by atoms with Crippen molar-refractivity contribution >= 4 is 33.4 Å². The summed E-state index contributed by atoms with van der Waals surface area (Å²) in [5.74, 6) is -0.0982. The highest BCUT2D eigenvalue weighted by Gasteiger charge is 2.14. The van der Waals surface area contributed by atoms with Crippen LogP contribution in [0, 0.1) is 0 Å². The van der Waals surface area contributed by atoms with Crippen LogP contribution >= 0.6 is 0 Å². The second-order valence-corrected chi connectivity index (χ2v) is 6.36. The van der Waals surface area contributed by atoms with Crippen molar-refractivity contribution in [3.63, 3.8) is 0 Å². The van der Waals surface area contributed by atoms with Gasteiger partial charge in [-0.05, 0) is 36.4 Å². The van der Waals surface area contributed by atoms with E-state index >= 15 is 0 Å². The first kappa shape index (κ1) is 16.4. The lowest BCUT2D eigenvalue weighted by atomic mass is 10.1. The fourth-order valence-corrected chi connectivity index (χ4v) is 3.41. The second kappa shape index (κ2) is 6.69. The van der Waals surface area contributed by atoms with Gasteiger partial charge in [-0.2, -0.15) is 0 Å². The molecule has 0 saturated heterocycles. The Kier molecular flexibility index (Phi) is 4.22. The largest absolute Gasteiger partial charge is 0.383 e. The molecule has 26 heavy (non-hydrogen) atoms. The number of hydrogen-bond acceptors (Lipinski definition) is 2. The van der Waals surface area contributed by atoms with Crippen molar-refractivity contribution in [1.82, 2.24) is 9.13 Å². The van der Waals surface area contributed by atoms with Crippen LogP contribution in [0.25, 0.3) is 21.8 Å². The van der Waals surface area contributed by atoms with Crippen LogP contribution in [0.1, 0.15) is 10.4 Å². The first-order valence-electron chi connectivity index (χ1n) is 8.61. The lowest BCUT2D eigenvalue weighted by molar-refractivity contribution is 0.102. The minimum Gasteiger partial charge on any atom is -0.383 e. The normalized spacial score (nSPS) is 11.3. The smallest absolute Gasteiger partial charge is 0.256 e. The standard InChI is InChI=1S/C21H21N3O2/c1-23-11-9-15-16(5-3-7-19(15)23)21(25)22-18-6-4-8-20-17(18)10-12-24(20)13-14-26-2/h3-12H,13-14H2,1-2H3,(H,22,25). The number of nitrogens with zero attached hydrogens (tertiary/aromatic N) is 2. The van der Waals surface area contributed by atoms with Crippen LogP contribution in [0.15, 0.2) is 60.9 Å². The van der Waals surface area contributed by atoms with Crippen molar-refractivity contribution in [2.75, 3.05) is 19.0 Å². The SMILES string of the molecule is COCCn1ccc2c(NC(=O)c3cccc4c3ccn4C)cccc21. The zero-order valence-electron chi connectivity index (χ0n) is 14.9. The maximum Gasteiger partial charge on any atom is 0.256 e. The van der Waals surface area contributed by atoms with E-state index in [4.69, 9.17) is 4.74 Å². The molecule has 5 nitrogen and oxygen atoms in total. The Labute approximate surface area is 151 Å². The predicted molar refractivity (Wildman–Crippen MR) is 105 cm³/mol. The van der Waals surface area contributed by atoms with Crippen molar-refractivity contribution in [3.8, 4) is 0 Å². The molecule has 0 atom stereocenters. The fraction of sp³-hybridized carbons (Fsp3) is 0.190. The highest BCUT2D eigenvalue weighted by molar-refractivity contribution is 6.14. The number of nitrogens with one attached hydrogen (secondary N) is 1. The van der Waals surface area contributed by atoms with E-state index in [-0.39, 0.29) is 5.91 Å². The molecule has 0 fully saturated rings. The molecule has 0 radical (unpaired) electrons. The number of ether oxygens (including phenoxy) is 1. The van der Waals surface area contributed by atoms with Gasteiger partial charge in [-0.3, -0.25) is 4.79 Å². The van der Waals surface area contributed by atoms with E-state index in [0.717, 1.165) is 34.0 Å². The second-order valence-electron chi connectivity index (χ2n) is 6.36. The monoisotopic (exact) mass is 347 g/mol. The van der Waals surface area contributed by atoms with Crippen molar-refractivity contribution in [3.05, 3.63) is 66.5 Å². The summed E-state index contributed by atoms with van der Waals surface area (Å²) in [6.45, 7) is 1.43. The van der Waals surface area contributed by atoms with Crippen LogP contribution < -0.4 is 5.32 Å². The first-order valence-corrected chi connectivity index (χ1v) is 8.61. The molecular weight excluding hydrogens is 326 g/mol. The number of aromatic nitrogens is 2. The number of carbonyl (C=O) groups is 1. The molecule has 0 aliphatic carbocycles. The highest BCUT2D eigenvalue weighted by Crippen LogP contribution is 2.26. The molecule has 0 unspecified atom stereocenters. The lowest BCUT2D eigenvalue weighted by Gasteiger charge is -2.09. The summed E-state index contributed by atoms with van der Waals surface area (Å²) in [5.41, 5.74) is 3.62. The summed E-state index contributed by atoms with van der Waals surface area (Å²) < 4.78 is 9.31. The summed E-state index contributed by atoms with van der Waals surface area (Å²) >= 11 is 0. The van der Waals surface area contributed by atoms with E-state index in [1.807, 2.05) is 66.5 Å². The van der Waals surface area contributed by atoms with Gasteiger partial charge in [-0.1, -0.05) is 12.1 Å². The van der Waals surface area contributed by atoms with Crippen LogP contribution in [-0.2, 0) is 18.3 Å². The molecule has 132 valence electrons. The Morgan fingerprint density at radius 3 is 2.62 bits per heavy atom. The van der Waals surface area contributed by atoms with Gasteiger partial charge in [0.2, 0.25) is 0 Å². The number of aryl methyl sites for hydroxylation is 1. The van der Waals surface area contributed by atoms with Gasteiger partial charge < -0.3 is 19.2 Å². The van der Waals surface area contributed by atoms with Gasteiger partial charge in [0.1, 0.15) is 0 Å². The van der Waals surface area contributed by atoms with Crippen LogP contribution in [0.4, 0.5) is 5.69 Å². The van der Waals surface area contributed by atoms with E-state index in [9.17, 15) is 4.79 Å². The molecule has 1 amide bonds. The summed E-state index contributed by atoms with van der Waals surface area (Å²) in [5, 5.41) is 5.06. The van der Waals surface area contributed by atoms with E-state index in [1.165, 1.54) is 0 Å². The summed E-state index contributed by atoms with van der Waals surface area (Å²) in [6, 6.07) is 15.8. The van der Waals surface area contributed by atoms with Gasteiger partial charge in [0.25, 0.3) is 5.91 Å². The Balaban J connectivity index is 1.68. The Bertz CT molecular complexity index is 1090. The lowest BCUT2D eigenvalue weighted by Crippen LogP contribution is -2.12. The van der Waals surface area contributed by atoms with Gasteiger partial charge in [0.15, 0.2) is 0 Å². The number of amides is 1. The number of carbonyl (C=O) groups excluding carboxylic acids is 1. The van der Waals surface area contributed by atoms with Crippen LogP contribution in [0.2, 0.25) is 0 Å². The Morgan fingerprint density at radius 2 is 1.77 bits per heavy atom. The molecule has 4 aromatic rings. The number of anilines is 1. The van der Waals surface area contributed by atoms with Gasteiger partial charge in [0.05, 0.1) is 17.8 Å². The van der Waals surface area contributed by atoms with Crippen molar-refractivity contribution in [2.24, 2.45) is 7.05 Å². The van der Waals surface area contributed by atoms with Crippen LogP contribution in [0.3, 0.4) is 0 Å². The molecule has 2 aromatic carbocycles. The maximum atomic E-state index is 12.9. The van der Waals surface area contributed by atoms with Crippen molar-refractivity contribution in [2.45, 2.75) is 6.54 Å². The van der Waals surface area contributed by atoms with Gasteiger partial charge in [-0.15, -0.1) is 0 Å². The Morgan fingerprint density at radius 1 is 1.00 bits per heavy atom. The van der Waals surface area contributed by atoms with Crippen LogP contribution in [-0.4, -0.2) is 28.8 Å². The molecule has 0 saturated carbocycles. The van der Waals surface area contributed by atoms with Gasteiger partial charge in [-0.25, -0.2) is 0 Å². The summed E-state index contributed by atoms with van der Waals surface area (Å²) in [7, 11) is 3.68. The number of rotatable bonds is 5. The third kappa shape index (κ3) is 2.76. The van der Waals surface area contributed by atoms with E-state index < -0.39 is 0 Å². The predicted octanol–water partition coefficient (Wildman–Crippen LogP) is 4.03. The van der Waals surface area contributed by atoms with Crippen molar-refractivity contribution < 1.29 is 9.53 Å². The Hall–Kier alpha value is -3.05. The summed E-state index contributed by atoms with van der Waals surface area (Å²) in [6.07, 6.45) is 4.00. The minimum atomic E-state index is -0.0982. The number of fused-ring (bicyclic) bond motifs is 2. The third-order valence-corrected chi connectivity index (χ3v) is 4.77. The van der Waals surface area contributed by atoms with Crippen molar-refractivity contribution in [1.29, 1.82) is 0 Å². The fourth-order valence-electron chi connectivity index (χ4n) is 3.41. The first-order chi connectivity index (χ1) is 12.7. The molecule has 4 rings (SSSR count). The van der Waals surface area contributed by atoms with Crippen LogP contribution in [0.5, 0.6) is 0 Å². The molecule has 0 aliphatic rings. The highest BCUT2D eigenvalue weighted by atomic mass is 16.5. The average molecular weight is 347 g/mol. The third-order valence-electron chi connectivity index (χ3n) is 4.77. The molecular formula is C21H21N3O2. The molecule has 0 spiro atoms.